The van der Waals surface area contributed by atoms with E-state index in [1.54, 1.807) is 62.0 Å². The minimum Gasteiger partial charge on any atom is -0.496 e. The summed E-state index contributed by atoms with van der Waals surface area (Å²) in [7, 11) is 5.97. The Morgan fingerprint density at radius 3 is 2.14 bits per heavy atom. The third-order valence-corrected chi connectivity index (χ3v) is 6.47. The number of amides is 1. The Hall–Kier alpha value is -4.40. The number of likely N-dealkylation sites (tertiary alicyclic amines) is 1. The number of benzene rings is 2. The lowest BCUT2D eigenvalue weighted by atomic mass is 9.85. The fourth-order valence-corrected chi connectivity index (χ4v) is 4.70. The molecule has 2 aromatic carbocycles. The summed E-state index contributed by atoms with van der Waals surface area (Å²) in [5.41, 5.74) is 2.27. The van der Waals surface area contributed by atoms with Gasteiger partial charge in [0.15, 0.2) is 17.3 Å². The van der Waals surface area contributed by atoms with Gasteiger partial charge in [0.05, 0.1) is 34.5 Å². The molecule has 0 N–H and O–H groups in total. The number of pyridine rings is 1. The Bertz CT molecular complexity index is 1310. The maximum absolute atomic E-state index is 13.8. The van der Waals surface area contributed by atoms with E-state index in [2.05, 4.69) is 4.98 Å². The summed E-state index contributed by atoms with van der Waals surface area (Å²) >= 11 is 0. The van der Waals surface area contributed by atoms with Gasteiger partial charge < -0.3 is 23.8 Å². The van der Waals surface area contributed by atoms with Crippen LogP contribution < -0.4 is 18.9 Å². The van der Waals surface area contributed by atoms with Crippen LogP contribution in [0, 0.1) is 12.8 Å². The number of Topliss-reactive ketones (excluding diaryl/α,β-unsaturated/α-hetero) is 2. The molecule has 3 aromatic rings. The van der Waals surface area contributed by atoms with Crippen LogP contribution in [0.2, 0.25) is 0 Å². The predicted octanol–water partition coefficient (Wildman–Crippen LogP) is 3.58. The molecule has 1 saturated heterocycles. The van der Waals surface area contributed by atoms with E-state index in [0.717, 1.165) is 11.1 Å². The number of aryl methyl sites for hydroxylation is 1. The third kappa shape index (κ3) is 4.72. The summed E-state index contributed by atoms with van der Waals surface area (Å²) in [6.07, 6.45) is 3.24. The average molecular weight is 505 g/mol. The first kappa shape index (κ1) is 25.7. The number of aromatic nitrogens is 1. The van der Waals surface area contributed by atoms with Gasteiger partial charge in [0.25, 0.3) is 5.91 Å². The standard InChI is InChI=1S/C28H28N2O7/c1-16-11-18(8-9-20(16)34-2)25(31)23-24(19-12-21(35-3)27(37-5)22(13-19)36-4)30(28(33)26(23)32)15-17-7-6-10-29-14-17/h6-14,23-24H,15H2,1-5H3. The van der Waals surface area contributed by atoms with E-state index in [4.69, 9.17) is 18.9 Å². The molecule has 0 bridgehead atoms. The lowest BCUT2D eigenvalue weighted by molar-refractivity contribution is -0.141. The van der Waals surface area contributed by atoms with Crippen LogP contribution in [0.5, 0.6) is 23.0 Å². The molecule has 0 spiro atoms. The van der Waals surface area contributed by atoms with E-state index in [9.17, 15) is 14.4 Å². The molecule has 0 radical (unpaired) electrons. The Morgan fingerprint density at radius 1 is 0.919 bits per heavy atom. The van der Waals surface area contributed by atoms with E-state index < -0.39 is 29.4 Å². The van der Waals surface area contributed by atoms with Gasteiger partial charge in [-0.3, -0.25) is 19.4 Å². The highest BCUT2D eigenvalue weighted by Crippen LogP contribution is 2.45. The fraction of sp³-hybridized carbons (Fsp3) is 0.286. The fourth-order valence-electron chi connectivity index (χ4n) is 4.70. The zero-order valence-corrected chi connectivity index (χ0v) is 21.3. The summed E-state index contributed by atoms with van der Waals surface area (Å²) in [5.74, 6) is -1.60. The molecule has 2 atom stereocenters. The molecule has 0 saturated carbocycles. The van der Waals surface area contributed by atoms with Crippen molar-refractivity contribution in [3.05, 3.63) is 77.1 Å². The number of carbonyl (C=O) groups is 3. The zero-order chi connectivity index (χ0) is 26.7. The highest BCUT2D eigenvalue weighted by Gasteiger charge is 2.52. The molecule has 2 heterocycles. The van der Waals surface area contributed by atoms with Crippen LogP contribution in [-0.2, 0) is 16.1 Å². The summed E-state index contributed by atoms with van der Waals surface area (Å²) < 4.78 is 21.7. The normalized spacial score (nSPS) is 17.1. The van der Waals surface area contributed by atoms with E-state index >= 15 is 0 Å². The van der Waals surface area contributed by atoms with Crippen LogP contribution in [0.4, 0.5) is 0 Å². The Balaban J connectivity index is 1.87. The smallest absolute Gasteiger partial charge is 0.291 e. The summed E-state index contributed by atoms with van der Waals surface area (Å²) in [4.78, 5) is 46.1. The van der Waals surface area contributed by atoms with E-state index in [1.165, 1.54) is 26.2 Å². The number of carbonyl (C=O) groups excluding carboxylic acids is 3. The van der Waals surface area contributed by atoms with Crippen LogP contribution in [0.25, 0.3) is 0 Å². The molecule has 1 aromatic heterocycles. The minimum atomic E-state index is -1.28. The van der Waals surface area contributed by atoms with Gasteiger partial charge in [-0.05, 0) is 60.0 Å². The van der Waals surface area contributed by atoms with Crippen LogP contribution in [0.15, 0.2) is 54.9 Å². The molecular weight excluding hydrogens is 476 g/mol. The van der Waals surface area contributed by atoms with Gasteiger partial charge in [0.1, 0.15) is 11.7 Å². The van der Waals surface area contributed by atoms with E-state index in [1.807, 2.05) is 6.92 Å². The van der Waals surface area contributed by atoms with Crippen molar-refractivity contribution in [3.8, 4) is 23.0 Å². The van der Waals surface area contributed by atoms with Crippen molar-refractivity contribution in [2.24, 2.45) is 5.92 Å². The maximum Gasteiger partial charge on any atom is 0.291 e. The van der Waals surface area contributed by atoms with Gasteiger partial charge in [-0.1, -0.05) is 6.07 Å². The summed E-state index contributed by atoms with van der Waals surface area (Å²) in [6.45, 7) is 1.90. The van der Waals surface area contributed by atoms with Crippen molar-refractivity contribution in [2.75, 3.05) is 28.4 Å². The molecule has 1 amide bonds. The Kier molecular flexibility index (Phi) is 7.42. The molecule has 37 heavy (non-hydrogen) atoms. The van der Waals surface area contributed by atoms with Crippen molar-refractivity contribution in [2.45, 2.75) is 19.5 Å². The van der Waals surface area contributed by atoms with E-state index in [-0.39, 0.29) is 6.54 Å². The molecule has 1 aliphatic heterocycles. The second-order valence-electron chi connectivity index (χ2n) is 8.59. The highest BCUT2D eigenvalue weighted by atomic mass is 16.5. The van der Waals surface area contributed by atoms with Gasteiger partial charge in [0.2, 0.25) is 11.5 Å². The number of nitrogens with zero attached hydrogens (tertiary/aromatic N) is 2. The van der Waals surface area contributed by atoms with Crippen molar-refractivity contribution in [3.63, 3.8) is 0 Å². The van der Waals surface area contributed by atoms with Gasteiger partial charge in [-0.25, -0.2) is 0 Å². The number of ether oxygens (including phenoxy) is 4. The quantitative estimate of drug-likeness (QED) is 0.247. The first-order chi connectivity index (χ1) is 17.8. The lowest BCUT2D eigenvalue weighted by Crippen LogP contribution is -2.30. The minimum absolute atomic E-state index is 0.0885. The predicted molar refractivity (Wildman–Crippen MR) is 134 cm³/mol. The largest absolute Gasteiger partial charge is 0.496 e. The van der Waals surface area contributed by atoms with Crippen LogP contribution >= 0.6 is 0 Å². The van der Waals surface area contributed by atoms with Gasteiger partial charge in [-0.15, -0.1) is 0 Å². The molecule has 4 rings (SSSR count). The maximum atomic E-state index is 13.8. The summed E-state index contributed by atoms with van der Waals surface area (Å²) in [5, 5.41) is 0. The molecular formula is C28H28N2O7. The van der Waals surface area contributed by atoms with Crippen LogP contribution in [0.3, 0.4) is 0 Å². The molecule has 9 nitrogen and oxygen atoms in total. The van der Waals surface area contributed by atoms with Crippen molar-refractivity contribution in [1.29, 1.82) is 0 Å². The topological polar surface area (TPSA) is 104 Å². The first-order valence-electron chi connectivity index (χ1n) is 11.6. The second kappa shape index (κ2) is 10.7. The number of hydrogen-bond donors (Lipinski definition) is 0. The third-order valence-electron chi connectivity index (χ3n) is 6.47. The Morgan fingerprint density at radius 2 is 1.59 bits per heavy atom. The highest BCUT2D eigenvalue weighted by molar-refractivity contribution is 6.44. The monoisotopic (exact) mass is 504 g/mol. The van der Waals surface area contributed by atoms with Crippen LogP contribution in [-0.4, -0.2) is 55.8 Å². The van der Waals surface area contributed by atoms with E-state index in [0.29, 0.717) is 34.1 Å². The number of ketones is 2. The summed E-state index contributed by atoms with van der Waals surface area (Å²) in [6, 6.07) is 10.9. The lowest BCUT2D eigenvalue weighted by Gasteiger charge is -2.28. The number of methoxy groups -OCH3 is 4. The molecule has 2 unspecified atom stereocenters. The Labute approximate surface area is 214 Å². The number of rotatable bonds is 9. The molecule has 9 heteroatoms. The molecule has 1 fully saturated rings. The van der Waals surface area contributed by atoms with Crippen molar-refractivity contribution in [1.82, 2.24) is 9.88 Å². The van der Waals surface area contributed by atoms with Crippen molar-refractivity contribution < 1.29 is 33.3 Å². The van der Waals surface area contributed by atoms with Gasteiger partial charge in [0, 0.05) is 24.5 Å². The zero-order valence-electron chi connectivity index (χ0n) is 21.3. The second-order valence-corrected chi connectivity index (χ2v) is 8.59. The van der Waals surface area contributed by atoms with Crippen LogP contribution in [0.1, 0.15) is 33.1 Å². The average Bonchev–Trinajstić information content (AvgIpc) is 3.17. The van der Waals surface area contributed by atoms with Gasteiger partial charge in [-0.2, -0.15) is 0 Å². The molecule has 192 valence electrons. The van der Waals surface area contributed by atoms with Gasteiger partial charge >= 0.3 is 0 Å². The molecule has 1 aliphatic rings. The number of hydrogen-bond acceptors (Lipinski definition) is 8. The SMILES string of the molecule is COc1ccc(C(=O)C2C(=O)C(=O)N(Cc3cccnc3)C2c2cc(OC)c(OC)c(OC)c2)cc1C. The molecule has 0 aliphatic carbocycles. The van der Waals surface area contributed by atoms with Crippen molar-refractivity contribution >= 4 is 17.5 Å². The first-order valence-corrected chi connectivity index (χ1v) is 11.6.